The molecule has 0 aliphatic rings. The van der Waals surface area contributed by atoms with Crippen LogP contribution in [0.2, 0.25) is 0 Å². The summed E-state index contributed by atoms with van der Waals surface area (Å²) in [6, 6.07) is -0.535. The first-order valence-electron chi connectivity index (χ1n) is 5.89. The van der Waals surface area contributed by atoms with Crippen molar-refractivity contribution >= 4 is 11.4 Å². The molecule has 0 aromatic carbocycles. The van der Waals surface area contributed by atoms with Crippen molar-refractivity contribution in [1.82, 2.24) is 4.72 Å². The van der Waals surface area contributed by atoms with Crippen LogP contribution >= 0.6 is 0 Å². The van der Waals surface area contributed by atoms with Crippen LogP contribution in [0.15, 0.2) is 12.7 Å². The lowest BCUT2D eigenvalue weighted by Gasteiger charge is -2.28. The predicted octanol–water partition coefficient (Wildman–Crippen LogP) is 3.37. The minimum absolute atomic E-state index is 0.340. The molecule has 108 valence electrons. The van der Waals surface area contributed by atoms with Crippen molar-refractivity contribution in [1.29, 1.82) is 0 Å². The van der Waals surface area contributed by atoms with E-state index in [4.69, 9.17) is 0 Å². The molecule has 1 N–H and O–H groups in total. The zero-order valence-electron chi connectivity index (χ0n) is 11.1. The van der Waals surface area contributed by atoms with Gasteiger partial charge < -0.3 is 4.55 Å². The predicted molar refractivity (Wildman–Crippen MR) is 69.8 cm³/mol. The second-order valence-corrected chi connectivity index (χ2v) is 7.15. The van der Waals surface area contributed by atoms with Gasteiger partial charge in [-0.05, 0) is 33.6 Å². The lowest BCUT2D eigenvalue weighted by molar-refractivity contribution is 0.0404. The number of allylic oxidation sites excluding steroid dienone is 1. The molecule has 2 unspecified atom stereocenters. The summed E-state index contributed by atoms with van der Waals surface area (Å²) >= 11 is -1.40. The smallest absolute Gasteiger partial charge is 0.269 e. The summed E-state index contributed by atoms with van der Waals surface area (Å²) in [4.78, 5) is 0. The highest BCUT2D eigenvalue weighted by Gasteiger charge is 2.31. The van der Waals surface area contributed by atoms with Crippen molar-refractivity contribution in [3.05, 3.63) is 12.7 Å². The molecule has 2 nitrogen and oxygen atoms in total. The molecule has 0 aromatic heterocycles. The molecule has 0 radical (unpaired) electrons. The number of halogens is 3. The summed E-state index contributed by atoms with van der Waals surface area (Å²) in [5.74, 6) is 0. The average Bonchev–Trinajstić information content (AvgIpc) is 2.24. The number of hydrogen-bond donors (Lipinski definition) is 1. The van der Waals surface area contributed by atoms with Crippen molar-refractivity contribution in [2.45, 2.75) is 63.4 Å². The lowest BCUT2D eigenvalue weighted by Crippen LogP contribution is -2.45. The highest BCUT2D eigenvalue weighted by molar-refractivity contribution is 7.90. The van der Waals surface area contributed by atoms with E-state index in [1.807, 2.05) is 0 Å². The van der Waals surface area contributed by atoms with Gasteiger partial charge >= 0.3 is 0 Å². The number of nitrogens with one attached hydrogen (secondary N) is 1. The Morgan fingerprint density at radius 3 is 2.28 bits per heavy atom. The normalized spacial score (nSPS) is 17.6. The lowest BCUT2D eigenvalue weighted by atomic mass is 10.1. The molecule has 0 aliphatic heterocycles. The van der Waals surface area contributed by atoms with Gasteiger partial charge in [-0.3, -0.25) is 0 Å². The minimum Gasteiger partial charge on any atom is -0.598 e. The van der Waals surface area contributed by atoms with Gasteiger partial charge in [0.2, 0.25) is 0 Å². The second-order valence-electron chi connectivity index (χ2n) is 5.15. The Morgan fingerprint density at radius 1 is 1.33 bits per heavy atom. The maximum atomic E-state index is 13.0. The first-order valence-corrected chi connectivity index (χ1v) is 7.04. The largest absolute Gasteiger partial charge is 0.598 e. The van der Waals surface area contributed by atoms with Crippen molar-refractivity contribution < 1.29 is 17.7 Å². The van der Waals surface area contributed by atoms with Crippen molar-refractivity contribution in [3.8, 4) is 0 Å². The van der Waals surface area contributed by atoms with Gasteiger partial charge in [-0.15, -0.1) is 11.3 Å². The van der Waals surface area contributed by atoms with Crippen LogP contribution in [0.5, 0.6) is 0 Å². The van der Waals surface area contributed by atoms with E-state index in [2.05, 4.69) is 11.3 Å². The summed E-state index contributed by atoms with van der Waals surface area (Å²) in [6.45, 7) is 8.82. The van der Waals surface area contributed by atoms with Crippen molar-refractivity contribution in [3.63, 3.8) is 0 Å². The van der Waals surface area contributed by atoms with E-state index in [0.29, 0.717) is 12.8 Å². The van der Waals surface area contributed by atoms with Crippen LogP contribution < -0.4 is 4.72 Å². The molecule has 0 spiro atoms. The third kappa shape index (κ3) is 7.28. The fourth-order valence-electron chi connectivity index (χ4n) is 1.25. The molecule has 0 aliphatic carbocycles. The highest BCUT2D eigenvalue weighted by atomic mass is 32.2. The quantitative estimate of drug-likeness (QED) is 0.548. The van der Waals surface area contributed by atoms with Crippen LogP contribution in [0.1, 0.15) is 40.0 Å². The zero-order chi connectivity index (χ0) is 14.3. The molecule has 0 rings (SSSR count). The molecule has 6 heteroatoms. The Kier molecular flexibility index (Phi) is 7.98. The molecule has 0 saturated heterocycles. The van der Waals surface area contributed by atoms with Crippen LogP contribution in [-0.4, -0.2) is 27.9 Å². The summed E-state index contributed by atoms with van der Waals surface area (Å²) < 4.78 is 51.5. The third-order valence-corrected chi connectivity index (χ3v) is 3.99. The summed E-state index contributed by atoms with van der Waals surface area (Å²) in [7, 11) is 0. The number of hydrogen-bond acceptors (Lipinski definition) is 2. The van der Waals surface area contributed by atoms with E-state index in [9.17, 15) is 17.7 Å². The molecule has 0 aromatic rings. The molecular weight excluding hydrogens is 263 g/mol. The first kappa shape index (κ1) is 17.8. The van der Waals surface area contributed by atoms with E-state index in [0.717, 1.165) is 0 Å². The average molecular weight is 285 g/mol. The van der Waals surface area contributed by atoms with Gasteiger partial charge in [-0.2, -0.15) is 0 Å². The van der Waals surface area contributed by atoms with E-state index >= 15 is 0 Å². The van der Waals surface area contributed by atoms with Gasteiger partial charge in [0.05, 0.1) is 6.04 Å². The number of rotatable bonds is 8. The highest BCUT2D eigenvalue weighted by Crippen LogP contribution is 2.19. The van der Waals surface area contributed by atoms with Crippen LogP contribution in [0.3, 0.4) is 0 Å². The SMILES string of the molecule is C=CCCC(CC(F)C(F)F)N[S@@+]([O-])C(C)(C)C. The molecule has 0 saturated carbocycles. The first-order chi connectivity index (χ1) is 8.18. The monoisotopic (exact) mass is 285 g/mol. The zero-order valence-corrected chi connectivity index (χ0v) is 11.9. The molecule has 0 heterocycles. The molecule has 0 bridgehead atoms. The summed E-state index contributed by atoms with van der Waals surface area (Å²) in [5, 5.41) is 0. The molecule has 3 atom stereocenters. The molecular formula is C12H22F3NOS. The Hall–Kier alpha value is -0.200. The fourth-order valence-corrected chi connectivity index (χ4v) is 2.12. The molecule has 0 fully saturated rings. The van der Waals surface area contributed by atoms with Gasteiger partial charge in [-0.25, -0.2) is 13.2 Å². The second kappa shape index (κ2) is 8.07. The van der Waals surface area contributed by atoms with E-state index < -0.39 is 34.7 Å². The summed E-state index contributed by atoms with van der Waals surface area (Å²) in [6.07, 6.45) is -2.89. The topological polar surface area (TPSA) is 35.1 Å². The van der Waals surface area contributed by atoms with Gasteiger partial charge in [0.1, 0.15) is 4.75 Å². The molecule has 0 amide bonds. The Balaban J connectivity index is 4.43. The summed E-state index contributed by atoms with van der Waals surface area (Å²) in [5.41, 5.74) is 0. The van der Waals surface area contributed by atoms with Gasteiger partial charge in [-0.1, -0.05) is 6.08 Å². The third-order valence-electron chi connectivity index (χ3n) is 2.33. The van der Waals surface area contributed by atoms with Crippen LogP contribution in [0.25, 0.3) is 0 Å². The van der Waals surface area contributed by atoms with Gasteiger partial charge in [0.15, 0.2) is 6.17 Å². The minimum atomic E-state index is -3.00. The van der Waals surface area contributed by atoms with E-state index in [-0.39, 0.29) is 6.42 Å². The van der Waals surface area contributed by atoms with E-state index in [1.165, 1.54) is 0 Å². The van der Waals surface area contributed by atoms with Crippen molar-refractivity contribution in [2.75, 3.05) is 0 Å². The molecule has 18 heavy (non-hydrogen) atoms. The Morgan fingerprint density at radius 2 is 1.89 bits per heavy atom. The van der Waals surface area contributed by atoms with Crippen LogP contribution in [0, 0.1) is 0 Å². The number of alkyl halides is 3. The Labute approximate surface area is 110 Å². The fraction of sp³-hybridized carbons (Fsp3) is 0.833. The van der Waals surface area contributed by atoms with E-state index in [1.54, 1.807) is 26.8 Å². The maximum Gasteiger partial charge on any atom is 0.269 e. The maximum absolute atomic E-state index is 13.0. The van der Waals surface area contributed by atoms with Gasteiger partial charge in [0, 0.05) is 17.8 Å². The standard InChI is InChI=1S/C12H22F3NOS/c1-5-6-7-9(8-10(13)11(14)15)16-18(17)12(2,3)4/h5,9-11,16H,1,6-8H2,2-4H3/t9?,10?,18-/m0/s1. The Bertz CT molecular complexity index is 246. The van der Waals surface area contributed by atoms with Crippen LogP contribution in [0.4, 0.5) is 13.2 Å². The van der Waals surface area contributed by atoms with Gasteiger partial charge in [0.25, 0.3) is 6.43 Å². The van der Waals surface area contributed by atoms with Crippen molar-refractivity contribution in [2.24, 2.45) is 0 Å². The van der Waals surface area contributed by atoms with Crippen LogP contribution in [-0.2, 0) is 11.4 Å².